The molecule has 1 aromatic rings. The standard InChI is InChI=1S/C16H26N4O/c1-12-10-13(18-17)6-7-14(12)15(21)20(4)11-16(19(2)3)8-5-9-16/h6-7,10,18H,5,8-9,11,17H2,1-4H3. The van der Waals surface area contributed by atoms with E-state index in [9.17, 15) is 4.79 Å². The number of nitrogens with one attached hydrogen (secondary N) is 1. The third-order valence-electron chi connectivity index (χ3n) is 4.73. The number of carbonyl (C=O) groups is 1. The Labute approximate surface area is 127 Å². The molecule has 1 aromatic carbocycles. The normalized spacial score (nSPS) is 16.5. The second kappa shape index (κ2) is 6.03. The van der Waals surface area contributed by atoms with Crippen molar-refractivity contribution < 1.29 is 4.79 Å². The molecule has 1 amide bonds. The van der Waals surface area contributed by atoms with Crippen molar-refractivity contribution >= 4 is 11.6 Å². The predicted molar refractivity (Wildman–Crippen MR) is 86.2 cm³/mol. The Morgan fingerprint density at radius 3 is 2.43 bits per heavy atom. The molecule has 2 rings (SSSR count). The van der Waals surface area contributed by atoms with Crippen LogP contribution in [-0.2, 0) is 0 Å². The highest BCUT2D eigenvalue weighted by atomic mass is 16.2. The number of likely N-dealkylation sites (N-methyl/N-ethyl adjacent to an activating group) is 2. The average molecular weight is 290 g/mol. The first kappa shape index (κ1) is 15.8. The van der Waals surface area contributed by atoms with E-state index >= 15 is 0 Å². The molecule has 0 radical (unpaired) electrons. The van der Waals surface area contributed by atoms with Crippen molar-refractivity contribution in [2.24, 2.45) is 5.84 Å². The first-order chi connectivity index (χ1) is 9.89. The molecule has 1 aliphatic rings. The topological polar surface area (TPSA) is 61.6 Å². The van der Waals surface area contributed by atoms with Crippen LogP contribution in [0.5, 0.6) is 0 Å². The van der Waals surface area contributed by atoms with Gasteiger partial charge in [0, 0.05) is 30.4 Å². The van der Waals surface area contributed by atoms with Crippen molar-refractivity contribution in [3.05, 3.63) is 29.3 Å². The molecular weight excluding hydrogens is 264 g/mol. The second-order valence-corrected chi connectivity index (χ2v) is 6.31. The largest absolute Gasteiger partial charge is 0.340 e. The predicted octanol–water partition coefficient (Wildman–Crippen LogP) is 1.84. The average Bonchev–Trinajstić information content (AvgIpc) is 2.41. The van der Waals surface area contributed by atoms with E-state index in [1.807, 2.05) is 37.1 Å². The van der Waals surface area contributed by atoms with E-state index in [1.165, 1.54) is 6.42 Å². The summed E-state index contributed by atoms with van der Waals surface area (Å²) in [6.07, 6.45) is 3.56. The van der Waals surface area contributed by atoms with E-state index < -0.39 is 0 Å². The number of rotatable bonds is 5. The maximum absolute atomic E-state index is 12.7. The summed E-state index contributed by atoms with van der Waals surface area (Å²) in [5, 5.41) is 0. The maximum Gasteiger partial charge on any atom is 0.253 e. The fourth-order valence-corrected chi connectivity index (χ4v) is 3.04. The highest BCUT2D eigenvalue weighted by molar-refractivity contribution is 5.96. The molecule has 1 aliphatic carbocycles. The van der Waals surface area contributed by atoms with Crippen molar-refractivity contribution in [2.75, 3.05) is 33.1 Å². The molecule has 0 heterocycles. The molecule has 0 saturated heterocycles. The lowest BCUT2D eigenvalue weighted by Crippen LogP contribution is -2.57. The summed E-state index contributed by atoms with van der Waals surface area (Å²) >= 11 is 0. The van der Waals surface area contributed by atoms with Crippen molar-refractivity contribution in [2.45, 2.75) is 31.7 Å². The fraction of sp³-hybridized carbons (Fsp3) is 0.562. The van der Waals surface area contributed by atoms with E-state index in [2.05, 4.69) is 24.4 Å². The highest BCUT2D eigenvalue weighted by Crippen LogP contribution is 2.36. The number of aryl methyl sites for hydroxylation is 1. The SMILES string of the molecule is Cc1cc(NN)ccc1C(=O)N(C)CC1(N(C)C)CCC1. The minimum Gasteiger partial charge on any atom is -0.340 e. The number of hydrazine groups is 1. The zero-order valence-electron chi connectivity index (χ0n) is 13.4. The van der Waals surface area contributed by atoms with E-state index in [1.54, 1.807) is 0 Å². The fourth-order valence-electron chi connectivity index (χ4n) is 3.04. The lowest BCUT2D eigenvalue weighted by molar-refractivity contribution is 0.0252. The molecule has 21 heavy (non-hydrogen) atoms. The van der Waals surface area contributed by atoms with Crippen LogP contribution in [0.4, 0.5) is 5.69 Å². The molecular formula is C16H26N4O. The number of hydrogen-bond acceptors (Lipinski definition) is 4. The third-order valence-corrected chi connectivity index (χ3v) is 4.73. The zero-order chi connectivity index (χ0) is 15.6. The van der Waals surface area contributed by atoms with Crippen LogP contribution < -0.4 is 11.3 Å². The summed E-state index contributed by atoms with van der Waals surface area (Å²) < 4.78 is 0. The lowest BCUT2D eigenvalue weighted by atomic mass is 9.75. The van der Waals surface area contributed by atoms with Crippen LogP contribution in [0.15, 0.2) is 18.2 Å². The number of hydrogen-bond donors (Lipinski definition) is 2. The maximum atomic E-state index is 12.7. The molecule has 0 aromatic heterocycles. The molecule has 5 nitrogen and oxygen atoms in total. The number of amides is 1. The summed E-state index contributed by atoms with van der Waals surface area (Å²) in [5.41, 5.74) is 5.25. The van der Waals surface area contributed by atoms with Gasteiger partial charge in [0.1, 0.15) is 0 Å². The van der Waals surface area contributed by atoms with Crippen LogP contribution >= 0.6 is 0 Å². The van der Waals surface area contributed by atoms with Gasteiger partial charge in [0.05, 0.1) is 0 Å². The van der Waals surface area contributed by atoms with Crippen molar-refractivity contribution in [1.29, 1.82) is 0 Å². The third kappa shape index (κ3) is 3.04. The molecule has 0 unspecified atom stereocenters. The van der Waals surface area contributed by atoms with Gasteiger partial charge in [-0.25, -0.2) is 0 Å². The quantitative estimate of drug-likeness (QED) is 0.641. The van der Waals surface area contributed by atoms with Crippen LogP contribution in [0.3, 0.4) is 0 Å². The van der Waals surface area contributed by atoms with Crippen LogP contribution in [0, 0.1) is 6.92 Å². The van der Waals surface area contributed by atoms with Gasteiger partial charge >= 0.3 is 0 Å². The Kier molecular flexibility index (Phi) is 4.54. The number of nitrogens with two attached hydrogens (primary N) is 1. The first-order valence-electron chi connectivity index (χ1n) is 7.40. The Morgan fingerprint density at radius 2 is 2.00 bits per heavy atom. The number of benzene rings is 1. The van der Waals surface area contributed by atoms with Crippen LogP contribution in [0.25, 0.3) is 0 Å². The molecule has 116 valence electrons. The van der Waals surface area contributed by atoms with Crippen molar-refractivity contribution in [1.82, 2.24) is 9.80 Å². The van der Waals surface area contributed by atoms with E-state index in [0.29, 0.717) is 0 Å². The summed E-state index contributed by atoms with van der Waals surface area (Å²) in [6, 6.07) is 5.57. The van der Waals surface area contributed by atoms with Gasteiger partial charge < -0.3 is 15.2 Å². The molecule has 5 heteroatoms. The summed E-state index contributed by atoms with van der Waals surface area (Å²) in [4.78, 5) is 16.8. The van der Waals surface area contributed by atoms with Gasteiger partial charge in [-0.05, 0) is 64.0 Å². The van der Waals surface area contributed by atoms with Crippen LogP contribution in [0.1, 0.15) is 35.2 Å². The van der Waals surface area contributed by atoms with Gasteiger partial charge in [-0.2, -0.15) is 0 Å². The van der Waals surface area contributed by atoms with Crippen LogP contribution in [0.2, 0.25) is 0 Å². The first-order valence-corrected chi connectivity index (χ1v) is 7.40. The van der Waals surface area contributed by atoms with E-state index in [4.69, 9.17) is 5.84 Å². The molecule has 0 aliphatic heterocycles. The van der Waals surface area contributed by atoms with Gasteiger partial charge in [0.15, 0.2) is 0 Å². The minimum absolute atomic E-state index is 0.0733. The number of nitrogens with zero attached hydrogens (tertiary/aromatic N) is 2. The van der Waals surface area contributed by atoms with Gasteiger partial charge in [-0.15, -0.1) is 0 Å². The summed E-state index contributed by atoms with van der Waals surface area (Å²) in [7, 11) is 6.09. The minimum atomic E-state index is 0.0733. The van der Waals surface area contributed by atoms with Gasteiger partial charge in [-0.1, -0.05) is 0 Å². The Bertz CT molecular complexity index is 523. The van der Waals surface area contributed by atoms with Gasteiger partial charge in [0.2, 0.25) is 0 Å². The van der Waals surface area contributed by atoms with E-state index in [0.717, 1.165) is 36.2 Å². The van der Waals surface area contributed by atoms with E-state index in [-0.39, 0.29) is 11.4 Å². The molecule has 0 atom stereocenters. The number of nitrogen functional groups attached to an aromatic ring is 1. The molecule has 1 fully saturated rings. The number of carbonyl (C=O) groups excluding carboxylic acids is 1. The van der Waals surface area contributed by atoms with Gasteiger partial charge in [0.25, 0.3) is 5.91 Å². The Morgan fingerprint density at radius 1 is 1.33 bits per heavy atom. The molecule has 0 bridgehead atoms. The van der Waals surface area contributed by atoms with Crippen molar-refractivity contribution in [3.63, 3.8) is 0 Å². The molecule has 0 spiro atoms. The zero-order valence-corrected chi connectivity index (χ0v) is 13.4. The van der Waals surface area contributed by atoms with Crippen molar-refractivity contribution in [3.8, 4) is 0 Å². The molecule has 1 saturated carbocycles. The highest BCUT2D eigenvalue weighted by Gasteiger charge is 2.40. The number of anilines is 1. The Hall–Kier alpha value is -1.59. The van der Waals surface area contributed by atoms with Gasteiger partial charge in [-0.3, -0.25) is 10.6 Å². The molecule has 3 N–H and O–H groups in total. The lowest BCUT2D eigenvalue weighted by Gasteiger charge is -2.49. The van der Waals surface area contributed by atoms with Crippen LogP contribution in [-0.4, -0.2) is 48.9 Å². The summed E-state index contributed by atoms with van der Waals surface area (Å²) in [6.45, 7) is 2.71. The summed E-state index contributed by atoms with van der Waals surface area (Å²) in [5.74, 6) is 5.47. The Balaban J connectivity index is 2.12. The second-order valence-electron chi connectivity index (χ2n) is 6.31. The monoisotopic (exact) mass is 290 g/mol. The smallest absolute Gasteiger partial charge is 0.253 e.